The fourth-order valence-corrected chi connectivity index (χ4v) is 3.74. The van der Waals surface area contributed by atoms with Gasteiger partial charge in [-0.25, -0.2) is 9.97 Å². The molecule has 1 heterocycles. The maximum Gasteiger partial charge on any atom is 0.269 e. The summed E-state index contributed by atoms with van der Waals surface area (Å²) >= 11 is 6.70. The minimum absolute atomic E-state index is 0.0190. The standard InChI is InChI=1S/C19H15Br2N5O3/c1-10-7-17(23-19(22-10)15-8-13(20)9-16(21)18(15)27)25-24-11(2)12-3-5-14(6-4-12)26(28)29/h3-9,27H,1-2H3,(H,22,23,25). The molecule has 2 N–H and O–H groups in total. The lowest BCUT2D eigenvalue weighted by atomic mass is 10.1. The quantitative estimate of drug-likeness (QED) is 0.263. The number of aromatic hydroxyl groups is 1. The van der Waals surface area contributed by atoms with Crippen molar-refractivity contribution in [3.63, 3.8) is 0 Å². The molecule has 0 spiro atoms. The van der Waals surface area contributed by atoms with Gasteiger partial charge in [-0.1, -0.05) is 15.9 Å². The van der Waals surface area contributed by atoms with Crippen LogP contribution in [0.25, 0.3) is 11.4 Å². The van der Waals surface area contributed by atoms with E-state index in [-0.39, 0.29) is 11.4 Å². The summed E-state index contributed by atoms with van der Waals surface area (Å²) in [5.41, 5.74) is 5.42. The molecule has 0 saturated heterocycles. The third kappa shape index (κ3) is 4.96. The molecule has 0 fully saturated rings. The smallest absolute Gasteiger partial charge is 0.269 e. The van der Waals surface area contributed by atoms with Gasteiger partial charge in [0.1, 0.15) is 5.75 Å². The molecule has 0 aliphatic rings. The van der Waals surface area contributed by atoms with Crippen LogP contribution in [-0.2, 0) is 0 Å². The van der Waals surface area contributed by atoms with Gasteiger partial charge in [0, 0.05) is 28.4 Å². The third-order valence-electron chi connectivity index (χ3n) is 3.96. The fourth-order valence-electron chi connectivity index (χ4n) is 2.51. The molecule has 0 amide bonds. The van der Waals surface area contributed by atoms with E-state index in [1.54, 1.807) is 37.3 Å². The van der Waals surface area contributed by atoms with Crippen LogP contribution in [0.4, 0.5) is 11.5 Å². The lowest BCUT2D eigenvalue weighted by Crippen LogP contribution is -2.03. The van der Waals surface area contributed by atoms with Crippen molar-refractivity contribution < 1.29 is 10.0 Å². The molecule has 29 heavy (non-hydrogen) atoms. The van der Waals surface area contributed by atoms with E-state index in [9.17, 15) is 15.2 Å². The van der Waals surface area contributed by atoms with Gasteiger partial charge in [0.15, 0.2) is 11.6 Å². The summed E-state index contributed by atoms with van der Waals surface area (Å²) < 4.78 is 1.29. The molecule has 1 aromatic heterocycles. The number of hydrogen-bond acceptors (Lipinski definition) is 7. The van der Waals surface area contributed by atoms with E-state index in [0.717, 1.165) is 10.0 Å². The maximum atomic E-state index is 10.8. The van der Waals surface area contributed by atoms with Crippen molar-refractivity contribution in [1.29, 1.82) is 0 Å². The largest absolute Gasteiger partial charge is 0.506 e. The van der Waals surface area contributed by atoms with Crippen LogP contribution in [0.5, 0.6) is 5.75 Å². The first-order valence-electron chi connectivity index (χ1n) is 8.34. The minimum Gasteiger partial charge on any atom is -0.506 e. The minimum atomic E-state index is -0.449. The van der Waals surface area contributed by atoms with Crippen molar-refractivity contribution in [2.75, 3.05) is 5.43 Å². The van der Waals surface area contributed by atoms with Crippen molar-refractivity contribution in [3.8, 4) is 17.1 Å². The van der Waals surface area contributed by atoms with E-state index in [4.69, 9.17) is 0 Å². The van der Waals surface area contributed by atoms with Gasteiger partial charge in [0.05, 0.1) is 20.7 Å². The van der Waals surface area contributed by atoms with Crippen LogP contribution in [0.2, 0.25) is 0 Å². The van der Waals surface area contributed by atoms with Crippen molar-refractivity contribution in [2.24, 2.45) is 5.10 Å². The van der Waals surface area contributed by atoms with Crippen LogP contribution in [0.3, 0.4) is 0 Å². The second kappa shape index (κ2) is 8.66. The van der Waals surface area contributed by atoms with E-state index < -0.39 is 4.92 Å². The fraction of sp³-hybridized carbons (Fsp3) is 0.105. The molecular weight excluding hydrogens is 506 g/mol. The molecule has 0 radical (unpaired) electrons. The average Bonchev–Trinajstić information content (AvgIpc) is 2.68. The Morgan fingerprint density at radius 2 is 1.86 bits per heavy atom. The van der Waals surface area contributed by atoms with Crippen molar-refractivity contribution >= 4 is 49.1 Å². The Kier molecular flexibility index (Phi) is 6.23. The summed E-state index contributed by atoms with van der Waals surface area (Å²) in [6.07, 6.45) is 0. The Labute approximate surface area is 183 Å². The number of phenolic OH excluding ortho intramolecular Hbond substituents is 1. The van der Waals surface area contributed by atoms with Gasteiger partial charge >= 0.3 is 0 Å². The third-order valence-corrected chi connectivity index (χ3v) is 5.02. The summed E-state index contributed by atoms with van der Waals surface area (Å²) in [4.78, 5) is 19.1. The van der Waals surface area contributed by atoms with Gasteiger partial charge in [-0.15, -0.1) is 0 Å². The van der Waals surface area contributed by atoms with Crippen LogP contribution < -0.4 is 5.43 Å². The number of hydrogen-bond donors (Lipinski definition) is 2. The second-order valence-corrected chi connectivity index (χ2v) is 7.88. The zero-order valence-corrected chi connectivity index (χ0v) is 18.5. The molecule has 148 valence electrons. The highest BCUT2D eigenvalue weighted by atomic mass is 79.9. The number of hydrazone groups is 1. The number of anilines is 1. The number of nitrogens with one attached hydrogen (secondary N) is 1. The molecule has 8 nitrogen and oxygen atoms in total. The highest BCUT2D eigenvalue weighted by Crippen LogP contribution is 2.37. The molecule has 0 atom stereocenters. The number of nitro benzene ring substituents is 1. The maximum absolute atomic E-state index is 10.8. The summed E-state index contributed by atoms with van der Waals surface area (Å²) in [7, 11) is 0. The van der Waals surface area contributed by atoms with Gasteiger partial charge in [0.25, 0.3) is 5.69 Å². The Morgan fingerprint density at radius 1 is 1.17 bits per heavy atom. The second-order valence-electron chi connectivity index (χ2n) is 6.11. The Morgan fingerprint density at radius 3 is 2.52 bits per heavy atom. The molecule has 3 rings (SSSR count). The first kappa shape index (κ1) is 20.9. The van der Waals surface area contributed by atoms with Gasteiger partial charge in [-0.05, 0) is 59.6 Å². The van der Waals surface area contributed by atoms with Crippen molar-refractivity contribution in [2.45, 2.75) is 13.8 Å². The number of aryl methyl sites for hydroxylation is 1. The predicted molar refractivity (Wildman–Crippen MR) is 118 cm³/mol. The van der Waals surface area contributed by atoms with E-state index in [1.165, 1.54) is 12.1 Å². The summed E-state index contributed by atoms with van der Waals surface area (Å²) in [5.74, 6) is 0.828. The van der Waals surface area contributed by atoms with Crippen molar-refractivity contribution in [1.82, 2.24) is 9.97 Å². The van der Waals surface area contributed by atoms with Gasteiger partial charge in [-0.3, -0.25) is 15.5 Å². The van der Waals surface area contributed by atoms with Crippen LogP contribution in [-0.4, -0.2) is 25.7 Å². The Hall–Kier alpha value is -2.85. The molecule has 0 saturated carbocycles. The van der Waals surface area contributed by atoms with E-state index in [1.807, 2.05) is 6.92 Å². The van der Waals surface area contributed by atoms with E-state index >= 15 is 0 Å². The topological polar surface area (TPSA) is 114 Å². The normalized spacial score (nSPS) is 11.4. The average molecular weight is 521 g/mol. The Bertz CT molecular complexity index is 1120. The monoisotopic (exact) mass is 519 g/mol. The number of aromatic nitrogens is 2. The SMILES string of the molecule is CC(=NNc1cc(C)nc(-c2cc(Br)cc(Br)c2O)n1)c1ccc([N+](=O)[O-])cc1. The highest BCUT2D eigenvalue weighted by molar-refractivity contribution is 9.11. The molecule has 10 heteroatoms. The molecule has 0 unspecified atom stereocenters. The van der Waals surface area contributed by atoms with Gasteiger partial charge < -0.3 is 5.11 Å². The lowest BCUT2D eigenvalue weighted by Gasteiger charge is -2.09. The Balaban J connectivity index is 1.89. The first-order chi connectivity index (χ1) is 13.7. The number of nitrogens with zero attached hydrogens (tertiary/aromatic N) is 4. The summed E-state index contributed by atoms with van der Waals surface area (Å²) in [5, 5.41) is 25.4. The van der Waals surface area contributed by atoms with Crippen LogP contribution in [0.1, 0.15) is 18.2 Å². The zero-order chi connectivity index (χ0) is 21.1. The predicted octanol–water partition coefficient (Wildman–Crippen LogP) is 5.43. The van der Waals surface area contributed by atoms with Crippen LogP contribution >= 0.6 is 31.9 Å². The molecular formula is C19H15Br2N5O3. The van der Waals surface area contributed by atoms with Gasteiger partial charge in [-0.2, -0.15) is 5.10 Å². The summed E-state index contributed by atoms with van der Waals surface area (Å²) in [6.45, 7) is 3.59. The van der Waals surface area contributed by atoms with Crippen LogP contribution in [0, 0.1) is 17.0 Å². The number of rotatable bonds is 5. The lowest BCUT2D eigenvalue weighted by molar-refractivity contribution is -0.384. The number of benzene rings is 2. The van der Waals surface area contributed by atoms with E-state index in [0.29, 0.717) is 33.1 Å². The van der Waals surface area contributed by atoms with E-state index in [2.05, 4.69) is 52.4 Å². The molecule has 0 aliphatic heterocycles. The first-order valence-corrected chi connectivity index (χ1v) is 9.92. The van der Waals surface area contributed by atoms with Crippen molar-refractivity contribution in [3.05, 3.63) is 72.8 Å². The number of halogens is 2. The molecule has 0 bridgehead atoms. The zero-order valence-electron chi connectivity index (χ0n) is 15.3. The highest BCUT2D eigenvalue weighted by Gasteiger charge is 2.14. The van der Waals surface area contributed by atoms with Crippen LogP contribution in [0.15, 0.2) is 56.5 Å². The molecule has 3 aromatic rings. The van der Waals surface area contributed by atoms with Gasteiger partial charge in [0.2, 0.25) is 0 Å². The number of nitro groups is 1. The molecule has 2 aromatic carbocycles. The number of phenols is 1. The number of non-ortho nitro benzene ring substituents is 1. The summed E-state index contributed by atoms with van der Waals surface area (Å²) in [6, 6.07) is 11.3. The molecule has 0 aliphatic carbocycles.